The van der Waals surface area contributed by atoms with Gasteiger partial charge in [0.05, 0.1) is 0 Å². The fraction of sp³-hybridized carbons (Fsp3) is 0.833. The van der Waals surface area contributed by atoms with Crippen molar-refractivity contribution >= 4 is 21.8 Å². The smallest absolute Gasteiger partial charge is 0.341 e. The van der Waals surface area contributed by atoms with E-state index in [0.717, 1.165) is 0 Å². The van der Waals surface area contributed by atoms with Gasteiger partial charge in [-0.2, -0.15) is 0 Å². The summed E-state index contributed by atoms with van der Waals surface area (Å²) in [6, 6.07) is -1.31. The van der Waals surface area contributed by atoms with Gasteiger partial charge in [-0.25, -0.2) is 18.0 Å². The molecule has 0 radical (unpaired) electrons. The molecule has 0 aromatic rings. The molecule has 0 aliphatic heterocycles. The van der Waals surface area contributed by atoms with Crippen LogP contribution in [0.1, 0.15) is 33.6 Å². The number of rotatable bonds is 5. The fourth-order valence-corrected chi connectivity index (χ4v) is 3.41. The van der Waals surface area contributed by atoms with Gasteiger partial charge in [0.15, 0.2) is 9.84 Å². The van der Waals surface area contributed by atoms with Crippen molar-refractivity contribution in [1.29, 1.82) is 0 Å². The van der Waals surface area contributed by atoms with Gasteiger partial charge in [0.2, 0.25) is 0 Å². The minimum atomic E-state index is -4.30. The van der Waals surface area contributed by atoms with E-state index >= 15 is 0 Å². The first kappa shape index (κ1) is 16.9. The molecule has 116 valence electrons. The van der Waals surface area contributed by atoms with E-state index in [1.807, 2.05) is 0 Å². The minimum Gasteiger partial charge on any atom is -0.480 e. The predicted octanol–water partition coefficient (Wildman–Crippen LogP) is -0.0666. The summed E-state index contributed by atoms with van der Waals surface area (Å²) in [6.45, 7) is 4.59. The summed E-state index contributed by atoms with van der Waals surface area (Å²) in [5, 5.41) is 9.41. The summed E-state index contributed by atoms with van der Waals surface area (Å²) in [5.41, 5.74) is 4.80. The van der Waals surface area contributed by atoms with E-state index in [1.165, 1.54) is 20.8 Å². The van der Waals surface area contributed by atoms with Crippen LogP contribution in [0, 0.1) is 5.92 Å². The maximum absolute atomic E-state index is 12.3. The Hall–Kier alpha value is -1.15. The van der Waals surface area contributed by atoms with E-state index < -0.39 is 38.2 Å². The first-order chi connectivity index (χ1) is 8.84. The van der Waals surface area contributed by atoms with E-state index in [0.29, 0.717) is 19.1 Å². The number of hydrogen-bond donors (Lipinski definition) is 2. The lowest BCUT2D eigenvalue weighted by molar-refractivity contribution is -0.165. The molecule has 0 amide bonds. The molecule has 2 atom stereocenters. The molecule has 1 saturated carbocycles. The number of nitrogens with two attached hydrogens (primary N) is 1. The van der Waals surface area contributed by atoms with Gasteiger partial charge in [0, 0.05) is 12.3 Å². The highest BCUT2D eigenvalue weighted by Crippen LogP contribution is 2.40. The Morgan fingerprint density at radius 2 is 1.75 bits per heavy atom. The van der Waals surface area contributed by atoms with Crippen LogP contribution < -0.4 is 5.73 Å². The third-order valence-electron chi connectivity index (χ3n) is 3.20. The van der Waals surface area contributed by atoms with Gasteiger partial charge in [-0.1, -0.05) is 0 Å². The maximum Gasteiger partial charge on any atom is 0.341 e. The summed E-state index contributed by atoms with van der Waals surface area (Å²) in [5.74, 6) is -3.40. The molecule has 0 bridgehead atoms. The van der Waals surface area contributed by atoms with Crippen LogP contribution in [0.5, 0.6) is 0 Å². The van der Waals surface area contributed by atoms with Gasteiger partial charge in [0.1, 0.15) is 5.60 Å². The third kappa shape index (κ3) is 2.95. The van der Waals surface area contributed by atoms with Crippen LogP contribution in [0.3, 0.4) is 0 Å². The number of ether oxygens (including phenoxy) is 1. The Bertz CT molecular complexity index is 517. The van der Waals surface area contributed by atoms with Crippen molar-refractivity contribution in [2.45, 2.75) is 50.0 Å². The summed E-state index contributed by atoms with van der Waals surface area (Å²) in [7, 11) is -4.30. The second-order valence-corrected chi connectivity index (χ2v) is 8.37. The molecular formula is C12H21NO6S. The lowest BCUT2D eigenvalue weighted by Gasteiger charge is -2.33. The van der Waals surface area contributed by atoms with Gasteiger partial charge in [-0.15, -0.1) is 0 Å². The van der Waals surface area contributed by atoms with E-state index in [-0.39, 0.29) is 5.92 Å². The second kappa shape index (κ2) is 5.00. The molecular weight excluding hydrogens is 286 g/mol. The highest BCUT2D eigenvalue weighted by Gasteiger charge is 2.65. The zero-order valence-electron chi connectivity index (χ0n) is 12.0. The fourth-order valence-electron chi connectivity index (χ4n) is 2.06. The highest BCUT2D eigenvalue weighted by molar-refractivity contribution is 7.93. The van der Waals surface area contributed by atoms with Crippen molar-refractivity contribution in [3.8, 4) is 0 Å². The van der Waals surface area contributed by atoms with Crippen molar-refractivity contribution < 1.29 is 27.9 Å². The lowest BCUT2D eigenvalue weighted by Crippen LogP contribution is -2.66. The van der Waals surface area contributed by atoms with Crippen LogP contribution in [0.4, 0.5) is 0 Å². The predicted molar refractivity (Wildman–Crippen MR) is 71.8 cm³/mol. The van der Waals surface area contributed by atoms with Crippen LogP contribution >= 0.6 is 0 Å². The van der Waals surface area contributed by atoms with E-state index in [9.17, 15) is 23.1 Å². The molecule has 0 aromatic carbocycles. The number of carbonyl (C=O) groups excluding carboxylic acids is 1. The molecule has 0 aromatic heterocycles. The number of hydrogen-bond acceptors (Lipinski definition) is 6. The molecule has 0 heterocycles. The SMILES string of the molecule is CC(C)(C)OC(=O)[C@](C(=O)O)(C(N)C1CC1)S(C)(=O)=O. The standard InChI is InChI=1S/C12H21NO6S/c1-11(2,3)19-10(16)12(9(14)15,20(4,17)18)8(13)7-5-6-7/h7-8H,5-6,13H2,1-4H3,(H,14,15)/t8?,12-/m1/s1. The van der Waals surface area contributed by atoms with E-state index in [2.05, 4.69) is 0 Å². The third-order valence-corrected chi connectivity index (χ3v) is 4.99. The Balaban J connectivity index is 3.38. The van der Waals surface area contributed by atoms with Gasteiger partial charge in [-0.05, 0) is 39.5 Å². The van der Waals surface area contributed by atoms with Gasteiger partial charge in [-0.3, -0.25) is 0 Å². The zero-order valence-corrected chi connectivity index (χ0v) is 12.9. The van der Waals surface area contributed by atoms with Crippen LogP contribution in [-0.2, 0) is 24.2 Å². The molecule has 7 nitrogen and oxygen atoms in total. The van der Waals surface area contributed by atoms with Gasteiger partial charge < -0.3 is 15.6 Å². The largest absolute Gasteiger partial charge is 0.480 e. The molecule has 0 spiro atoms. The summed E-state index contributed by atoms with van der Waals surface area (Å²) in [6.07, 6.45) is 1.91. The summed E-state index contributed by atoms with van der Waals surface area (Å²) >= 11 is 0. The molecule has 1 aliphatic rings. The van der Waals surface area contributed by atoms with Crippen molar-refractivity contribution in [3.63, 3.8) is 0 Å². The highest BCUT2D eigenvalue weighted by atomic mass is 32.2. The van der Waals surface area contributed by atoms with Gasteiger partial charge >= 0.3 is 11.9 Å². The molecule has 0 saturated heterocycles. The second-order valence-electron chi connectivity index (χ2n) is 6.18. The molecule has 20 heavy (non-hydrogen) atoms. The molecule has 1 rings (SSSR count). The van der Waals surface area contributed by atoms with Crippen molar-refractivity contribution in [2.24, 2.45) is 11.7 Å². The monoisotopic (exact) mass is 307 g/mol. The van der Waals surface area contributed by atoms with E-state index in [1.54, 1.807) is 0 Å². The van der Waals surface area contributed by atoms with Crippen LogP contribution in [0.2, 0.25) is 0 Å². The number of carboxylic acid groups (broad SMARTS) is 1. The molecule has 8 heteroatoms. The van der Waals surface area contributed by atoms with Gasteiger partial charge in [0.25, 0.3) is 4.75 Å². The molecule has 1 fully saturated rings. The normalized spacial score (nSPS) is 20.9. The summed E-state index contributed by atoms with van der Waals surface area (Å²) in [4.78, 5) is 23.9. The number of sulfone groups is 1. The van der Waals surface area contributed by atoms with Crippen LogP contribution in [0.25, 0.3) is 0 Å². The number of carboxylic acids is 1. The quantitative estimate of drug-likeness (QED) is 0.538. The van der Waals surface area contributed by atoms with Crippen LogP contribution in [-0.4, -0.2) is 48.1 Å². The Morgan fingerprint density at radius 1 is 1.30 bits per heavy atom. The zero-order chi connectivity index (χ0) is 15.9. The van der Waals surface area contributed by atoms with Crippen molar-refractivity contribution in [3.05, 3.63) is 0 Å². The Labute approximate surface area is 118 Å². The first-order valence-electron chi connectivity index (χ1n) is 6.26. The van der Waals surface area contributed by atoms with Crippen molar-refractivity contribution in [2.75, 3.05) is 6.26 Å². The summed E-state index contributed by atoms with van der Waals surface area (Å²) < 4.78 is 26.3. The van der Waals surface area contributed by atoms with Crippen molar-refractivity contribution in [1.82, 2.24) is 0 Å². The molecule has 3 N–H and O–H groups in total. The maximum atomic E-state index is 12.3. The molecule has 1 aliphatic carbocycles. The average molecular weight is 307 g/mol. The Kier molecular flexibility index (Phi) is 4.22. The van der Waals surface area contributed by atoms with E-state index in [4.69, 9.17) is 10.5 Å². The molecule has 1 unspecified atom stereocenters. The Morgan fingerprint density at radius 3 is 2.00 bits per heavy atom. The number of esters is 1. The average Bonchev–Trinajstić information content (AvgIpc) is 2.93. The minimum absolute atomic E-state index is 0.298. The number of aliphatic carboxylic acids is 1. The topological polar surface area (TPSA) is 124 Å². The lowest BCUT2D eigenvalue weighted by atomic mass is 9.95. The first-order valence-corrected chi connectivity index (χ1v) is 8.15. The van der Waals surface area contributed by atoms with Crippen LogP contribution in [0.15, 0.2) is 0 Å². The number of carbonyl (C=O) groups is 2.